The Morgan fingerprint density at radius 1 is 1.15 bits per heavy atom. The zero-order valence-corrected chi connectivity index (χ0v) is 12.5. The summed E-state index contributed by atoms with van der Waals surface area (Å²) >= 11 is 0. The molecule has 0 radical (unpaired) electrons. The van der Waals surface area contributed by atoms with Crippen molar-refractivity contribution < 1.29 is 9.84 Å². The number of aromatic nitrogens is 1. The lowest BCUT2D eigenvalue weighted by Gasteiger charge is -2.20. The highest BCUT2D eigenvalue weighted by Gasteiger charge is 2.15. The Morgan fingerprint density at radius 3 is 2.50 bits per heavy atom. The Balaban J connectivity index is 2.25. The molecular weight excluding hydrogens is 250 g/mol. The van der Waals surface area contributed by atoms with Gasteiger partial charge in [0.05, 0.1) is 6.61 Å². The molecule has 3 nitrogen and oxygen atoms in total. The highest BCUT2D eigenvalue weighted by Crippen LogP contribution is 2.29. The number of aryl methyl sites for hydroxylation is 1. The van der Waals surface area contributed by atoms with Crippen molar-refractivity contribution in [3.05, 3.63) is 53.2 Å². The summed E-state index contributed by atoms with van der Waals surface area (Å²) in [4.78, 5) is 4.16. The number of aliphatic hydroxyl groups excluding tert-OH is 1. The van der Waals surface area contributed by atoms with Gasteiger partial charge in [-0.3, -0.25) is 0 Å². The second-order valence-electron chi connectivity index (χ2n) is 5.99. The fourth-order valence-corrected chi connectivity index (χ4v) is 1.95. The van der Waals surface area contributed by atoms with Gasteiger partial charge in [0.2, 0.25) is 5.88 Å². The van der Waals surface area contributed by atoms with Crippen molar-refractivity contribution in [1.82, 2.24) is 4.98 Å². The molecule has 0 aliphatic heterocycles. The molecule has 0 saturated heterocycles. The summed E-state index contributed by atoms with van der Waals surface area (Å²) in [5, 5.41) is 9.13. The minimum absolute atomic E-state index is 0.0131. The van der Waals surface area contributed by atoms with Crippen LogP contribution in [0, 0.1) is 6.92 Å². The van der Waals surface area contributed by atoms with Gasteiger partial charge in [0, 0.05) is 12.3 Å². The number of nitrogens with zero attached hydrogens (tertiary/aromatic N) is 1. The maximum Gasteiger partial charge on any atom is 0.219 e. The van der Waals surface area contributed by atoms with Gasteiger partial charge >= 0.3 is 0 Å². The third kappa shape index (κ3) is 3.36. The lowest BCUT2D eigenvalue weighted by molar-refractivity contribution is 0.281. The smallest absolute Gasteiger partial charge is 0.219 e. The number of ether oxygens (including phenoxy) is 1. The van der Waals surface area contributed by atoms with Crippen LogP contribution >= 0.6 is 0 Å². The van der Waals surface area contributed by atoms with Gasteiger partial charge in [-0.1, -0.05) is 32.9 Å². The summed E-state index contributed by atoms with van der Waals surface area (Å²) in [6.07, 6.45) is 1.64. The lowest BCUT2D eigenvalue weighted by atomic mass is 9.86. The monoisotopic (exact) mass is 271 g/mol. The van der Waals surface area contributed by atoms with Crippen molar-refractivity contribution in [1.29, 1.82) is 0 Å². The molecule has 1 aromatic heterocycles. The molecule has 0 aliphatic rings. The Hall–Kier alpha value is -1.87. The second-order valence-corrected chi connectivity index (χ2v) is 5.99. The first-order valence-corrected chi connectivity index (χ1v) is 6.75. The largest absolute Gasteiger partial charge is 0.439 e. The fourth-order valence-electron chi connectivity index (χ4n) is 1.95. The predicted octanol–water partition coefficient (Wildman–Crippen LogP) is 3.97. The number of benzene rings is 1. The summed E-state index contributed by atoms with van der Waals surface area (Å²) < 4.78 is 5.80. The molecular formula is C17H21NO2. The molecule has 2 rings (SSSR count). The first-order chi connectivity index (χ1) is 9.40. The minimum Gasteiger partial charge on any atom is -0.439 e. The first-order valence-electron chi connectivity index (χ1n) is 6.75. The van der Waals surface area contributed by atoms with Crippen molar-refractivity contribution in [3.63, 3.8) is 0 Å². The van der Waals surface area contributed by atoms with Crippen LogP contribution in [0.5, 0.6) is 11.6 Å². The Bertz CT molecular complexity index is 600. The molecule has 0 fully saturated rings. The molecule has 0 unspecified atom stereocenters. The van der Waals surface area contributed by atoms with Gasteiger partial charge in [-0.25, -0.2) is 4.98 Å². The number of pyridine rings is 1. The van der Waals surface area contributed by atoms with Crippen LogP contribution in [0.1, 0.15) is 37.5 Å². The molecule has 1 heterocycles. The Kier molecular flexibility index (Phi) is 4.09. The van der Waals surface area contributed by atoms with Gasteiger partial charge in [0.1, 0.15) is 5.75 Å². The number of rotatable bonds is 3. The fraction of sp³-hybridized carbons (Fsp3) is 0.353. The number of hydrogen-bond acceptors (Lipinski definition) is 3. The van der Waals surface area contributed by atoms with Crippen molar-refractivity contribution in [2.24, 2.45) is 0 Å². The maximum absolute atomic E-state index is 9.13. The van der Waals surface area contributed by atoms with E-state index in [1.807, 2.05) is 13.0 Å². The van der Waals surface area contributed by atoms with Crippen LogP contribution in [0.25, 0.3) is 0 Å². The molecule has 0 amide bonds. The van der Waals surface area contributed by atoms with Crippen LogP contribution in [0.15, 0.2) is 36.5 Å². The van der Waals surface area contributed by atoms with E-state index in [1.54, 1.807) is 18.3 Å². The lowest BCUT2D eigenvalue weighted by Crippen LogP contribution is -2.11. The van der Waals surface area contributed by atoms with Crippen molar-refractivity contribution in [2.45, 2.75) is 39.7 Å². The van der Waals surface area contributed by atoms with E-state index in [9.17, 15) is 0 Å². The standard InChI is InChI=1S/C17H21NO2/c1-12-9-14(17(2,3)4)5-6-15(12)20-16-10-13(11-19)7-8-18-16/h5-10,19H,11H2,1-4H3. The third-order valence-corrected chi connectivity index (χ3v) is 3.24. The summed E-state index contributed by atoms with van der Waals surface area (Å²) in [6, 6.07) is 9.71. The van der Waals surface area contributed by atoms with E-state index < -0.39 is 0 Å². The van der Waals surface area contributed by atoms with Gasteiger partial charge in [-0.15, -0.1) is 0 Å². The van der Waals surface area contributed by atoms with E-state index in [0.717, 1.165) is 16.9 Å². The van der Waals surface area contributed by atoms with Crippen LogP contribution in [0.4, 0.5) is 0 Å². The SMILES string of the molecule is Cc1cc(C(C)(C)C)ccc1Oc1cc(CO)ccn1. The predicted molar refractivity (Wildman–Crippen MR) is 80.1 cm³/mol. The van der Waals surface area contributed by atoms with Crippen LogP contribution in [-0.4, -0.2) is 10.1 Å². The van der Waals surface area contributed by atoms with E-state index in [2.05, 4.69) is 37.9 Å². The topological polar surface area (TPSA) is 42.4 Å². The highest BCUT2D eigenvalue weighted by atomic mass is 16.5. The number of hydrogen-bond donors (Lipinski definition) is 1. The van der Waals surface area contributed by atoms with Crippen LogP contribution < -0.4 is 4.74 Å². The van der Waals surface area contributed by atoms with Gasteiger partial charge in [0.25, 0.3) is 0 Å². The molecule has 0 bridgehead atoms. The molecule has 1 N–H and O–H groups in total. The third-order valence-electron chi connectivity index (χ3n) is 3.24. The molecule has 106 valence electrons. The van der Waals surface area contributed by atoms with E-state index in [4.69, 9.17) is 9.84 Å². The Labute approximate surface area is 120 Å². The van der Waals surface area contributed by atoms with Crippen molar-refractivity contribution in [3.8, 4) is 11.6 Å². The average Bonchev–Trinajstić information content (AvgIpc) is 2.40. The molecule has 1 aromatic carbocycles. The maximum atomic E-state index is 9.13. The average molecular weight is 271 g/mol. The molecule has 0 spiro atoms. The summed E-state index contributed by atoms with van der Waals surface area (Å²) in [6.45, 7) is 8.58. The zero-order valence-electron chi connectivity index (χ0n) is 12.5. The van der Waals surface area contributed by atoms with Crippen molar-refractivity contribution in [2.75, 3.05) is 0 Å². The van der Waals surface area contributed by atoms with Crippen LogP contribution in [0.3, 0.4) is 0 Å². The molecule has 0 atom stereocenters. The summed E-state index contributed by atoms with van der Waals surface area (Å²) in [5.41, 5.74) is 3.27. The molecule has 0 saturated carbocycles. The molecule has 0 aliphatic carbocycles. The summed E-state index contributed by atoms with van der Waals surface area (Å²) in [5.74, 6) is 1.30. The van der Waals surface area contributed by atoms with Crippen molar-refractivity contribution >= 4 is 0 Å². The quantitative estimate of drug-likeness (QED) is 0.918. The Morgan fingerprint density at radius 2 is 1.90 bits per heavy atom. The zero-order chi connectivity index (χ0) is 14.8. The van der Waals surface area contributed by atoms with E-state index in [0.29, 0.717) is 5.88 Å². The first kappa shape index (κ1) is 14.5. The van der Waals surface area contributed by atoms with Gasteiger partial charge in [0.15, 0.2) is 0 Å². The molecule has 20 heavy (non-hydrogen) atoms. The van der Waals surface area contributed by atoms with Crippen LogP contribution in [0.2, 0.25) is 0 Å². The highest BCUT2D eigenvalue weighted by molar-refractivity contribution is 5.40. The number of aliphatic hydroxyl groups is 1. The second kappa shape index (κ2) is 5.63. The van der Waals surface area contributed by atoms with Crippen LogP contribution in [-0.2, 0) is 12.0 Å². The normalized spacial score (nSPS) is 11.4. The molecule has 3 heteroatoms. The molecule has 2 aromatic rings. The van der Waals surface area contributed by atoms with E-state index in [1.165, 1.54) is 5.56 Å². The van der Waals surface area contributed by atoms with E-state index >= 15 is 0 Å². The minimum atomic E-state index is -0.0131. The van der Waals surface area contributed by atoms with E-state index in [-0.39, 0.29) is 12.0 Å². The van der Waals surface area contributed by atoms with Gasteiger partial charge in [-0.05, 0) is 41.2 Å². The van der Waals surface area contributed by atoms with Gasteiger partial charge < -0.3 is 9.84 Å². The van der Waals surface area contributed by atoms with Gasteiger partial charge in [-0.2, -0.15) is 0 Å². The summed E-state index contributed by atoms with van der Waals surface area (Å²) in [7, 11) is 0.